The van der Waals surface area contributed by atoms with Gasteiger partial charge in [-0.1, -0.05) is 18.2 Å². The third-order valence-electron chi connectivity index (χ3n) is 2.24. The highest BCUT2D eigenvalue weighted by molar-refractivity contribution is 5.82. The summed E-state index contributed by atoms with van der Waals surface area (Å²) in [6.45, 7) is 10.6. The number of aryl methyl sites for hydroxylation is 1. The minimum atomic E-state index is 0.0101. The summed E-state index contributed by atoms with van der Waals surface area (Å²) >= 11 is 0. The van der Waals surface area contributed by atoms with Crippen LogP contribution < -0.4 is 0 Å². The quantitative estimate of drug-likeness (QED) is 0.599. The van der Waals surface area contributed by atoms with E-state index in [0.717, 1.165) is 0 Å². The molecular formula is C13H19N. The fourth-order valence-corrected chi connectivity index (χ4v) is 1.18. The smallest absolute Gasteiger partial charge is 0.0524 e. The van der Waals surface area contributed by atoms with E-state index < -0.39 is 0 Å². The van der Waals surface area contributed by atoms with Gasteiger partial charge in [-0.3, -0.25) is 4.99 Å². The molecule has 1 nitrogen and oxygen atoms in total. The molecule has 0 aliphatic heterocycles. The Balaban J connectivity index is 2.98. The van der Waals surface area contributed by atoms with Crippen molar-refractivity contribution in [2.45, 2.75) is 40.2 Å². The summed E-state index contributed by atoms with van der Waals surface area (Å²) in [4.78, 5) is 4.50. The summed E-state index contributed by atoms with van der Waals surface area (Å²) in [6.07, 6.45) is 1.97. The van der Waals surface area contributed by atoms with Gasteiger partial charge in [-0.05, 0) is 51.3 Å². The van der Waals surface area contributed by atoms with Crippen molar-refractivity contribution in [1.82, 2.24) is 0 Å². The molecule has 0 heterocycles. The second-order valence-corrected chi connectivity index (χ2v) is 4.72. The van der Waals surface area contributed by atoms with Crippen molar-refractivity contribution in [2.24, 2.45) is 4.99 Å². The Morgan fingerprint density at radius 2 is 1.79 bits per heavy atom. The lowest BCUT2D eigenvalue weighted by Crippen LogP contribution is -2.09. The van der Waals surface area contributed by atoms with Gasteiger partial charge >= 0.3 is 0 Å². The molecule has 1 heteroatoms. The van der Waals surface area contributed by atoms with Gasteiger partial charge in [-0.15, -0.1) is 0 Å². The Kier molecular flexibility index (Phi) is 3.10. The van der Waals surface area contributed by atoms with Crippen LogP contribution in [0.5, 0.6) is 0 Å². The molecule has 0 unspecified atom stereocenters. The highest BCUT2D eigenvalue weighted by atomic mass is 14.8. The lowest BCUT2D eigenvalue weighted by Gasteiger charge is -2.11. The minimum Gasteiger partial charge on any atom is -0.287 e. The van der Waals surface area contributed by atoms with E-state index in [1.54, 1.807) is 0 Å². The van der Waals surface area contributed by atoms with E-state index in [1.165, 1.54) is 16.7 Å². The Hall–Kier alpha value is -1.11. The topological polar surface area (TPSA) is 12.4 Å². The zero-order valence-corrected chi connectivity index (χ0v) is 9.76. The predicted molar refractivity (Wildman–Crippen MR) is 63.3 cm³/mol. The van der Waals surface area contributed by atoms with Crippen molar-refractivity contribution >= 4 is 6.21 Å². The van der Waals surface area contributed by atoms with E-state index in [4.69, 9.17) is 0 Å². The summed E-state index contributed by atoms with van der Waals surface area (Å²) in [5.41, 5.74) is 3.87. The molecule has 0 saturated heterocycles. The maximum absolute atomic E-state index is 4.50. The highest BCUT2D eigenvalue weighted by Gasteiger charge is 2.05. The van der Waals surface area contributed by atoms with Gasteiger partial charge in [0, 0.05) is 6.21 Å². The second-order valence-electron chi connectivity index (χ2n) is 4.72. The minimum absolute atomic E-state index is 0.0101. The molecule has 0 saturated carbocycles. The molecule has 0 atom stereocenters. The van der Waals surface area contributed by atoms with Crippen LogP contribution in [0.15, 0.2) is 23.2 Å². The molecule has 76 valence electrons. The van der Waals surface area contributed by atoms with Crippen molar-refractivity contribution in [1.29, 1.82) is 0 Å². The van der Waals surface area contributed by atoms with E-state index in [0.29, 0.717) is 0 Å². The number of hydrogen-bond acceptors (Lipinski definition) is 1. The Morgan fingerprint density at radius 1 is 1.14 bits per heavy atom. The van der Waals surface area contributed by atoms with Crippen LogP contribution in [0.1, 0.15) is 37.5 Å². The number of rotatable bonds is 1. The molecule has 0 spiro atoms. The molecule has 0 bridgehead atoms. The molecule has 14 heavy (non-hydrogen) atoms. The summed E-state index contributed by atoms with van der Waals surface area (Å²) in [7, 11) is 0. The lowest BCUT2D eigenvalue weighted by atomic mass is 10.0. The SMILES string of the molecule is Cc1cccc(C=NC(C)(C)C)c1C. The van der Waals surface area contributed by atoms with Crippen molar-refractivity contribution in [3.63, 3.8) is 0 Å². The fourth-order valence-electron chi connectivity index (χ4n) is 1.18. The van der Waals surface area contributed by atoms with Crippen LogP contribution in [0.3, 0.4) is 0 Å². The van der Waals surface area contributed by atoms with Crippen LogP contribution in [0.25, 0.3) is 0 Å². The average molecular weight is 189 g/mol. The van der Waals surface area contributed by atoms with Crippen LogP contribution in [0, 0.1) is 13.8 Å². The van der Waals surface area contributed by atoms with Crippen LogP contribution in [-0.2, 0) is 0 Å². The molecule has 0 aromatic heterocycles. The number of benzene rings is 1. The molecule has 0 N–H and O–H groups in total. The van der Waals surface area contributed by atoms with Crippen molar-refractivity contribution in [2.75, 3.05) is 0 Å². The summed E-state index contributed by atoms with van der Waals surface area (Å²) in [5, 5.41) is 0. The first-order valence-electron chi connectivity index (χ1n) is 5.01. The zero-order chi connectivity index (χ0) is 10.8. The average Bonchev–Trinajstić information content (AvgIpc) is 2.06. The zero-order valence-electron chi connectivity index (χ0n) is 9.76. The first kappa shape index (κ1) is 11.0. The van der Waals surface area contributed by atoms with Crippen molar-refractivity contribution < 1.29 is 0 Å². The Morgan fingerprint density at radius 3 is 2.36 bits per heavy atom. The van der Waals surface area contributed by atoms with E-state index in [-0.39, 0.29) is 5.54 Å². The Labute approximate surface area is 86.9 Å². The second kappa shape index (κ2) is 3.95. The maximum Gasteiger partial charge on any atom is 0.0524 e. The molecular weight excluding hydrogens is 170 g/mol. The van der Waals surface area contributed by atoms with Crippen LogP contribution in [0.2, 0.25) is 0 Å². The van der Waals surface area contributed by atoms with Gasteiger partial charge in [-0.25, -0.2) is 0 Å². The first-order valence-corrected chi connectivity index (χ1v) is 5.01. The summed E-state index contributed by atoms with van der Waals surface area (Å²) in [6, 6.07) is 6.31. The molecule has 1 aromatic carbocycles. The molecule has 1 aromatic rings. The molecule has 0 radical (unpaired) electrons. The molecule has 0 amide bonds. The highest BCUT2D eigenvalue weighted by Crippen LogP contribution is 2.12. The standard InChI is InChI=1S/C13H19N/c1-10-7-6-8-12(11(10)2)9-14-13(3,4)5/h6-9H,1-5H3. The summed E-state index contributed by atoms with van der Waals surface area (Å²) in [5.74, 6) is 0. The normalized spacial score (nSPS) is 12.4. The predicted octanol–water partition coefficient (Wildman–Crippen LogP) is 3.52. The van der Waals surface area contributed by atoms with Crippen LogP contribution in [-0.4, -0.2) is 11.8 Å². The molecule has 0 aliphatic rings. The van der Waals surface area contributed by atoms with Crippen molar-refractivity contribution in [3.05, 3.63) is 34.9 Å². The number of aliphatic imine (C=N–C) groups is 1. The van der Waals surface area contributed by atoms with Crippen molar-refractivity contribution in [3.8, 4) is 0 Å². The van der Waals surface area contributed by atoms with E-state index in [9.17, 15) is 0 Å². The lowest BCUT2D eigenvalue weighted by molar-refractivity contribution is 0.586. The van der Waals surface area contributed by atoms with E-state index >= 15 is 0 Å². The largest absolute Gasteiger partial charge is 0.287 e. The molecule has 1 rings (SSSR count). The molecule has 0 fully saturated rings. The first-order chi connectivity index (χ1) is 6.40. The van der Waals surface area contributed by atoms with Gasteiger partial charge in [0.15, 0.2) is 0 Å². The van der Waals surface area contributed by atoms with Crippen LogP contribution >= 0.6 is 0 Å². The van der Waals surface area contributed by atoms with Gasteiger partial charge in [0.2, 0.25) is 0 Å². The van der Waals surface area contributed by atoms with Gasteiger partial charge in [-0.2, -0.15) is 0 Å². The van der Waals surface area contributed by atoms with Crippen LogP contribution in [0.4, 0.5) is 0 Å². The number of hydrogen-bond donors (Lipinski definition) is 0. The van der Waals surface area contributed by atoms with E-state index in [1.807, 2.05) is 6.21 Å². The third kappa shape index (κ3) is 2.99. The number of nitrogens with zero attached hydrogens (tertiary/aromatic N) is 1. The molecule has 0 aliphatic carbocycles. The van der Waals surface area contributed by atoms with Gasteiger partial charge in [0.25, 0.3) is 0 Å². The van der Waals surface area contributed by atoms with E-state index in [2.05, 4.69) is 57.8 Å². The third-order valence-corrected chi connectivity index (χ3v) is 2.24. The fraction of sp³-hybridized carbons (Fsp3) is 0.462. The monoisotopic (exact) mass is 189 g/mol. The maximum atomic E-state index is 4.50. The van der Waals surface area contributed by atoms with Gasteiger partial charge in [0.1, 0.15) is 0 Å². The van der Waals surface area contributed by atoms with Gasteiger partial charge in [0.05, 0.1) is 5.54 Å². The van der Waals surface area contributed by atoms with Gasteiger partial charge < -0.3 is 0 Å². The summed E-state index contributed by atoms with van der Waals surface area (Å²) < 4.78 is 0. The Bertz CT molecular complexity index is 343.